The second-order valence-corrected chi connectivity index (χ2v) is 8.36. The van der Waals surface area contributed by atoms with Gasteiger partial charge in [0.2, 0.25) is 11.8 Å². The molecule has 2 aliphatic rings. The predicted octanol–water partition coefficient (Wildman–Crippen LogP) is 2.26. The summed E-state index contributed by atoms with van der Waals surface area (Å²) in [6.07, 6.45) is 4.52. The molecule has 2 N–H and O–H groups in total. The van der Waals surface area contributed by atoms with Crippen LogP contribution in [0.2, 0.25) is 0 Å². The first kappa shape index (κ1) is 25.4. The van der Waals surface area contributed by atoms with Crippen molar-refractivity contribution < 1.29 is 9.59 Å². The molecule has 2 saturated heterocycles. The van der Waals surface area contributed by atoms with E-state index in [-0.39, 0.29) is 48.4 Å². The summed E-state index contributed by atoms with van der Waals surface area (Å²) in [5, 5.41) is 6.59. The number of hydrogen-bond acceptors (Lipinski definition) is 3. The van der Waals surface area contributed by atoms with E-state index >= 15 is 0 Å². The van der Waals surface area contributed by atoms with Crippen molar-refractivity contribution in [3.05, 3.63) is 35.9 Å². The molecule has 0 aromatic heterocycles. The number of guanidine groups is 1. The van der Waals surface area contributed by atoms with Crippen LogP contribution in [0.25, 0.3) is 0 Å². The van der Waals surface area contributed by atoms with Crippen LogP contribution in [0.15, 0.2) is 35.3 Å². The molecule has 1 aromatic carbocycles. The molecule has 0 bridgehead atoms. The third kappa shape index (κ3) is 7.97. The molecule has 172 valence electrons. The lowest BCUT2D eigenvalue weighted by Crippen LogP contribution is -2.52. The minimum Gasteiger partial charge on any atom is -0.357 e. The summed E-state index contributed by atoms with van der Waals surface area (Å²) in [5.74, 6) is 1.56. The molecule has 1 aromatic rings. The maximum Gasteiger partial charge on any atom is 0.244 e. The summed E-state index contributed by atoms with van der Waals surface area (Å²) < 4.78 is 0. The van der Waals surface area contributed by atoms with Gasteiger partial charge in [0.1, 0.15) is 6.54 Å². The van der Waals surface area contributed by atoms with E-state index in [0.717, 1.165) is 45.3 Å². The fourth-order valence-corrected chi connectivity index (χ4v) is 4.22. The predicted molar refractivity (Wildman–Crippen MR) is 135 cm³/mol. The molecule has 0 spiro atoms. The van der Waals surface area contributed by atoms with Gasteiger partial charge >= 0.3 is 0 Å². The molecule has 2 fully saturated rings. The van der Waals surface area contributed by atoms with Crippen molar-refractivity contribution in [3.8, 4) is 0 Å². The Balaban J connectivity index is 0.00000341. The van der Waals surface area contributed by atoms with E-state index in [1.54, 1.807) is 4.90 Å². The molecule has 1 atom stereocenters. The lowest BCUT2D eigenvalue weighted by atomic mass is 9.90. The van der Waals surface area contributed by atoms with Crippen LogP contribution in [-0.4, -0.2) is 73.4 Å². The molecule has 0 aliphatic carbocycles. The fraction of sp³-hybridized carbons (Fsp3) is 0.609. The molecule has 2 aliphatic heterocycles. The summed E-state index contributed by atoms with van der Waals surface area (Å²) >= 11 is 0. The zero-order valence-corrected chi connectivity index (χ0v) is 21.0. The summed E-state index contributed by atoms with van der Waals surface area (Å²) in [6.45, 7) is 5.17. The number of likely N-dealkylation sites (N-methyl/N-ethyl adjacent to an activating group) is 1. The Hall–Kier alpha value is -1.84. The maximum atomic E-state index is 12.7. The van der Waals surface area contributed by atoms with Gasteiger partial charge in [-0.15, -0.1) is 24.0 Å². The number of likely N-dealkylation sites (tertiary alicyclic amines) is 2. The van der Waals surface area contributed by atoms with Crippen molar-refractivity contribution in [1.82, 2.24) is 20.4 Å². The molecule has 8 heteroatoms. The van der Waals surface area contributed by atoms with Crippen LogP contribution in [0.3, 0.4) is 0 Å². The van der Waals surface area contributed by atoms with Crippen LogP contribution in [0.5, 0.6) is 0 Å². The number of carbonyl (C=O) groups is 2. The van der Waals surface area contributed by atoms with Gasteiger partial charge in [-0.25, -0.2) is 4.99 Å². The monoisotopic (exact) mass is 541 g/mol. The first-order valence-electron chi connectivity index (χ1n) is 11.2. The molecular weight excluding hydrogens is 505 g/mol. The number of hydrogen-bond donors (Lipinski definition) is 2. The van der Waals surface area contributed by atoms with Crippen LogP contribution in [0.4, 0.5) is 0 Å². The molecule has 3 rings (SSSR count). The number of benzene rings is 1. The Labute approximate surface area is 203 Å². The molecule has 2 amide bonds. The van der Waals surface area contributed by atoms with E-state index in [2.05, 4.69) is 39.9 Å². The van der Waals surface area contributed by atoms with Crippen LogP contribution in [-0.2, 0) is 16.0 Å². The van der Waals surface area contributed by atoms with Gasteiger partial charge in [-0.3, -0.25) is 9.59 Å². The van der Waals surface area contributed by atoms with Crippen molar-refractivity contribution >= 4 is 41.8 Å². The van der Waals surface area contributed by atoms with E-state index in [0.29, 0.717) is 24.8 Å². The second-order valence-electron chi connectivity index (χ2n) is 8.36. The normalized spacial score (nSPS) is 20.3. The number of aliphatic imine (C=N–C) groups is 1. The zero-order valence-electron chi connectivity index (χ0n) is 18.7. The highest BCUT2D eigenvalue weighted by atomic mass is 127. The van der Waals surface area contributed by atoms with E-state index in [1.165, 1.54) is 5.56 Å². The molecule has 0 saturated carbocycles. The van der Waals surface area contributed by atoms with Gasteiger partial charge in [-0.2, -0.15) is 0 Å². The summed E-state index contributed by atoms with van der Waals surface area (Å²) in [6, 6.07) is 10.8. The number of nitrogens with one attached hydrogen (secondary N) is 2. The molecule has 31 heavy (non-hydrogen) atoms. The highest BCUT2D eigenvalue weighted by Gasteiger charge is 2.25. The van der Waals surface area contributed by atoms with Crippen LogP contribution in [0.1, 0.15) is 38.2 Å². The van der Waals surface area contributed by atoms with Gasteiger partial charge in [0.25, 0.3) is 0 Å². The third-order valence-electron chi connectivity index (χ3n) is 6.02. The zero-order chi connectivity index (χ0) is 21.3. The number of piperidine rings is 2. The Bertz CT molecular complexity index is 735. The van der Waals surface area contributed by atoms with E-state index in [4.69, 9.17) is 0 Å². The maximum absolute atomic E-state index is 12.7. The van der Waals surface area contributed by atoms with E-state index in [1.807, 2.05) is 24.9 Å². The topological polar surface area (TPSA) is 77.0 Å². The van der Waals surface area contributed by atoms with Crippen LogP contribution in [0, 0.1) is 5.92 Å². The average Bonchev–Trinajstić information content (AvgIpc) is 2.76. The Morgan fingerprint density at radius 3 is 2.52 bits per heavy atom. The summed E-state index contributed by atoms with van der Waals surface area (Å²) in [7, 11) is 1.82. The Morgan fingerprint density at radius 1 is 1.16 bits per heavy atom. The Morgan fingerprint density at radius 2 is 1.87 bits per heavy atom. The van der Waals surface area contributed by atoms with Crippen LogP contribution < -0.4 is 10.6 Å². The number of nitrogens with zero attached hydrogens (tertiary/aromatic N) is 3. The molecule has 7 nitrogen and oxygen atoms in total. The number of amides is 2. The fourth-order valence-electron chi connectivity index (χ4n) is 4.22. The minimum atomic E-state index is 0. The largest absolute Gasteiger partial charge is 0.357 e. The van der Waals surface area contributed by atoms with Gasteiger partial charge < -0.3 is 20.4 Å². The van der Waals surface area contributed by atoms with Gasteiger partial charge in [-0.1, -0.05) is 30.3 Å². The average molecular weight is 541 g/mol. The Kier molecular flexibility index (Phi) is 10.6. The lowest BCUT2D eigenvalue weighted by molar-refractivity contribution is -0.132. The van der Waals surface area contributed by atoms with Crippen molar-refractivity contribution in [2.24, 2.45) is 10.9 Å². The van der Waals surface area contributed by atoms with Crippen molar-refractivity contribution in [1.29, 1.82) is 0 Å². The van der Waals surface area contributed by atoms with E-state index in [9.17, 15) is 9.59 Å². The van der Waals surface area contributed by atoms with Gasteiger partial charge in [-0.05, 0) is 44.1 Å². The van der Waals surface area contributed by atoms with E-state index < -0.39 is 0 Å². The van der Waals surface area contributed by atoms with Crippen LogP contribution >= 0.6 is 24.0 Å². The van der Waals surface area contributed by atoms with Gasteiger partial charge in [0.15, 0.2) is 5.96 Å². The highest BCUT2D eigenvalue weighted by molar-refractivity contribution is 14.0. The molecule has 2 heterocycles. The molecule has 0 radical (unpaired) electrons. The number of carbonyl (C=O) groups excluding carboxylic acids is 2. The van der Waals surface area contributed by atoms with Crippen molar-refractivity contribution in [2.45, 2.75) is 45.1 Å². The second kappa shape index (κ2) is 12.9. The van der Waals surface area contributed by atoms with Gasteiger partial charge in [0, 0.05) is 45.7 Å². The quantitative estimate of drug-likeness (QED) is 0.329. The SMILES string of the molecule is CCNC(=NCC(=O)N1CCC(Cc2ccccc2)CC1)NC1CCC(=O)N(C)C1.I. The summed E-state index contributed by atoms with van der Waals surface area (Å²) in [4.78, 5) is 32.5. The first-order chi connectivity index (χ1) is 14.5. The number of halogens is 1. The first-order valence-corrected chi connectivity index (χ1v) is 11.2. The van der Waals surface area contributed by atoms with Crippen molar-refractivity contribution in [2.75, 3.05) is 39.8 Å². The van der Waals surface area contributed by atoms with Gasteiger partial charge in [0.05, 0.1) is 0 Å². The third-order valence-corrected chi connectivity index (χ3v) is 6.02. The smallest absolute Gasteiger partial charge is 0.244 e. The standard InChI is InChI=1S/C23H35N5O2.HI/c1-3-24-23(26-20-9-10-21(29)27(2)17-20)25-16-22(30)28-13-11-19(12-14-28)15-18-7-5-4-6-8-18;/h4-8,19-20H,3,9-17H2,1-2H3,(H2,24,25,26);1H. The highest BCUT2D eigenvalue weighted by Crippen LogP contribution is 2.21. The summed E-state index contributed by atoms with van der Waals surface area (Å²) in [5.41, 5.74) is 1.38. The van der Waals surface area contributed by atoms with Crippen molar-refractivity contribution in [3.63, 3.8) is 0 Å². The minimum absolute atomic E-state index is 0. The molecule has 1 unspecified atom stereocenters. The number of rotatable bonds is 6. The molecular formula is C23H36IN5O2. The lowest BCUT2D eigenvalue weighted by Gasteiger charge is -2.32.